The van der Waals surface area contributed by atoms with Crippen LogP contribution in [-0.2, 0) is 73.6 Å². The van der Waals surface area contributed by atoms with Crippen molar-refractivity contribution in [2.45, 2.75) is 110 Å². The number of carbonyl (C=O) groups is 7. The molecule has 1 radical (unpaired) electrons. The number of carbonyl (C=O) groups excluding carboxylic acids is 7. The Labute approximate surface area is 764 Å². The number of nitrogens with two attached hydrogens (primary N) is 2. The van der Waals surface area contributed by atoms with E-state index in [4.69, 9.17) is 48.8 Å². The Bertz CT molecular complexity index is 5990. The number of Topliss-reactive ketones (excluding diaryl/α,β-unsaturated/α-hetero) is 1. The molecule has 8 aliphatic rings. The van der Waals surface area contributed by atoms with Gasteiger partial charge in [-0.25, -0.2) is 18.8 Å². The van der Waals surface area contributed by atoms with Crippen LogP contribution in [0.4, 0.5) is 42.1 Å². The molecule has 0 saturated heterocycles. The van der Waals surface area contributed by atoms with E-state index in [-0.39, 0.29) is 76.2 Å². The highest BCUT2D eigenvalue weighted by molar-refractivity contribution is 9.11. The molecule has 0 spiro atoms. The van der Waals surface area contributed by atoms with E-state index in [0.29, 0.717) is 90.5 Å². The maximum absolute atomic E-state index is 13.0. The molecular weight excluding hydrogens is 1880 g/mol. The van der Waals surface area contributed by atoms with Gasteiger partial charge >= 0.3 is 32.0 Å². The standard InChI is InChI=1S/C27H21F3N2O2.C21H20N2O3.C12H11BrN2O.C9H10BO4.C8H7BrN2.C7H3BrFN.C7H6F3N.C4H5ClO/c28-27(29,30)22-6-1-3-16(11-22)12-24(33)20-5-2-4-18(13-20)19-9-10-23-21(14-19)15-31-25(23)32-26(34)17-7-8-17;1-2-26-21(25)16-5-3-4-14(10-16)15-8-9-18-17(11-15)12-22-19(18)23-20(24)13-6-7-13;13-9-3-4-10-8(5-9)6-14-11(10)15-12(16)7-1-2-7;1-2-13-9(11)7-4-3-5-8(6-7)14-10-12;9-6-1-2-7-5(3-6)4-11-8(7)10;1-10-7-3-2-5(8)4-6(7)9;8-7(9,10)5-2-1-3-6(11)4-5;5-4(6)3-1-2-3/h1-6,9-11,13-14,17H,7-8,12,15H2,(H,31,32,34);3-5,8-11,13H,2,6-7,12H2,1H3,(H,22,23,24);3-5,7H,1-2,6H2,(H,14,15,16);3-6,12H,2H2,1H3;1-3H,4H2,(H2,10,11);2-4H;1-4H,11H2;3H,1-2H2. The molecular formula is C95H83BBr3ClF7N10O11. The van der Waals surface area contributed by atoms with Gasteiger partial charge in [-0.3, -0.25) is 43.9 Å². The molecule has 4 aliphatic carbocycles. The second-order valence-corrected chi connectivity index (χ2v) is 33.0. The number of rotatable bonds is 15. The number of hydrogen-bond acceptors (Lipinski definition) is 17. The summed E-state index contributed by atoms with van der Waals surface area (Å²) < 4.78 is 105. The third-order valence-corrected chi connectivity index (χ3v) is 21.9. The van der Waals surface area contributed by atoms with E-state index in [9.17, 15) is 64.3 Å². The number of amides is 3. The minimum Gasteiger partial charge on any atom is -0.537 e. The Kier molecular flexibility index (Phi) is 33.8. The van der Waals surface area contributed by atoms with Crippen LogP contribution in [0.2, 0.25) is 0 Å². The molecule has 33 heteroatoms. The summed E-state index contributed by atoms with van der Waals surface area (Å²) in [5.41, 5.74) is 23.3. The Morgan fingerprint density at radius 2 is 0.875 bits per heavy atom. The van der Waals surface area contributed by atoms with Gasteiger partial charge in [0.2, 0.25) is 28.7 Å². The highest BCUT2D eigenvalue weighted by Crippen LogP contribution is 2.37. The predicted molar refractivity (Wildman–Crippen MR) is 486 cm³/mol. The molecule has 10 aromatic rings. The molecule has 0 atom stereocenters. The Balaban J connectivity index is 0.000000150. The van der Waals surface area contributed by atoms with Crippen LogP contribution >= 0.6 is 59.4 Å². The number of anilines is 1. The van der Waals surface area contributed by atoms with Crippen LogP contribution < -0.4 is 32.1 Å². The molecule has 21 nitrogen and oxygen atoms in total. The Hall–Kier alpha value is -12.3. The molecule has 128 heavy (non-hydrogen) atoms. The number of ether oxygens (including phenoxy) is 2. The predicted octanol–water partition coefficient (Wildman–Crippen LogP) is 20.2. The van der Waals surface area contributed by atoms with Crippen molar-refractivity contribution in [2.75, 3.05) is 18.9 Å². The normalized spacial score (nSPS) is 14.2. The fourth-order valence-corrected chi connectivity index (χ4v) is 14.1. The first-order chi connectivity index (χ1) is 61.2. The summed E-state index contributed by atoms with van der Waals surface area (Å²) in [6.45, 7) is 13.2. The van der Waals surface area contributed by atoms with Gasteiger partial charge in [0.05, 0.1) is 68.2 Å². The summed E-state index contributed by atoms with van der Waals surface area (Å²) in [5.74, 6) is 2.51. The average molecular weight is 1960 g/mol. The first-order valence-corrected chi connectivity index (χ1v) is 43.1. The minimum atomic E-state index is -4.45. The van der Waals surface area contributed by atoms with Crippen LogP contribution in [0.3, 0.4) is 0 Å². The summed E-state index contributed by atoms with van der Waals surface area (Å²) in [7, 11) is 0.560. The number of amidine groups is 4. The van der Waals surface area contributed by atoms with Crippen molar-refractivity contribution in [3.63, 3.8) is 0 Å². The van der Waals surface area contributed by atoms with E-state index >= 15 is 0 Å². The van der Waals surface area contributed by atoms with Crippen LogP contribution in [-0.4, -0.2) is 90.0 Å². The fraction of sp³-hybridized carbons (Fsp3) is 0.242. The lowest BCUT2D eigenvalue weighted by molar-refractivity contribution is -0.138. The number of benzene rings is 10. The monoisotopic (exact) mass is 1960 g/mol. The van der Waals surface area contributed by atoms with Crippen molar-refractivity contribution in [3.05, 3.63) is 321 Å². The smallest absolute Gasteiger partial charge is 0.537 e. The second-order valence-electron chi connectivity index (χ2n) is 29.9. The summed E-state index contributed by atoms with van der Waals surface area (Å²) in [5, 5.41) is 17.0. The molecule has 0 unspecified atom stereocenters. The molecule has 4 fully saturated rings. The number of nitrogens with zero attached hydrogens (tertiary/aromatic N) is 5. The van der Waals surface area contributed by atoms with E-state index < -0.39 is 35.3 Å². The van der Waals surface area contributed by atoms with E-state index in [2.05, 4.69) is 107 Å². The van der Waals surface area contributed by atoms with Crippen molar-refractivity contribution in [3.8, 4) is 28.0 Å². The number of nitrogens with one attached hydrogen (secondary N) is 3. The molecule has 0 aromatic heterocycles. The summed E-state index contributed by atoms with van der Waals surface area (Å²) in [4.78, 5) is 102. The van der Waals surface area contributed by atoms with Crippen LogP contribution in [0.15, 0.2) is 246 Å². The van der Waals surface area contributed by atoms with Crippen molar-refractivity contribution in [1.82, 2.24) is 16.0 Å². The van der Waals surface area contributed by atoms with Crippen molar-refractivity contribution >= 4 is 142 Å². The van der Waals surface area contributed by atoms with Crippen LogP contribution in [0.1, 0.15) is 157 Å². The minimum absolute atomic E-state index is 0.0164. The van der Waals surface area contributed by atoms with Gasteiger partial charge in [0, 0.05) is 77.0 Å². The first kappa shape index (κ1) is 96.4. The lowest BCUT2D eigenvalue weighted by Gasteiger charge is -2.10. The van der Waals surface area contributed by atoms with Crippen molar-refractivity contribution < 1.29 is 83.4 Å². The Morgan fingerprint density at radius 1 is 0.477 bits per heavy atom. The van der Waals surface area contributed by atoms with Gasteiger partial charge in [0.15, 0.2) is 5.78 Å². The van der Waals surface area contributed by atoms with Gasteiger partial charge in [0.25, 0.3) is 0 Å². The number of hydrogen-bond donors (Lipinski definition) is 6. The Morgan fingerprint density at radius 3 is 1.31 bits per heavy atom. The zero-order valence-corrected chi connectivity index (χ0v) is 74.3. The third-order valence-electron chi connectivity index (χ3n) is 20.1. The van der Waals surface area contributed by atoms with Crippen LogP contribution in [0, 0.1) is 36.1 Å². The number of aliphatic imine (C=N–C) groups is 4. The zero-order chi connectivity index (χ0) is 91.9. The lowest BCUT2D eigenvalue weighted by Crippen LogP contribution is -2.31. The highest BCUT2D eigenvalue weighted by Gasteiger charge is 2.36. The fourth-order valence-electron chi connectivity index (χ4n) is 12.8. The molecule has 3 amide bonds. The van der Waals surface area contributed by atoms with E-state index in [1.165, 1.54) is 53.6 Å². The van der Waals surface area contributed by atoms with Gasteiger partial charge < -0.3 is 46.6 Å². The maximum atomic E-state index is 13.0. The SMILES string of the molecule is CCOC(=O)c1cccc(-c2ccc3c(c2)CN=C3NC(=O)C2CC2)c1.CCOC(=O)c1cccc(O[B]O)c1.NC1=NCc2cc(Br)ccc21.Nc1cccc(C(F)(F)F)c1.O=C(Cc1cccc(C(F)(F)F)c1)c1cccc(-c2ccc3c(c2)CN=C3NC(=O)C2CC2)c1.O=C(Cl)C1CC1.O=C(NC1=NCc2cc(Br)ccc21)C1CC1.[C-]#[N+]c1ccc(Br)cc1F. The van der Waals surface area contributed by atoms with Crippen LogP contribution in [0.5, 0.6) is 5.75 Å². The molecule has 8 N–H and O–H groups in total. The molecule has 18 rings (SSSR count). The van der Waals surface area contributed by atoms with E-state index in [1.807, 2.05) is 78.9 Å². The largest absolute Gasteiger partial charge is 0.569 e. The van der Waals surface area contributed by atoms with Gasteiger partial charge in [-0.1, -0.05) is 145 Å². The molecule has 4 aliphatic heterocycles. The molecule has 4 heterocycles. The summed E-state index contributed by atoms with van der Waals surface area (Å²) in [6, 6.07) is 58.5. The summed E-state index contributed by atoms with van der Waals surface area (Å²) in [6.07, 6.45) is -0.990. The maximum Gasteiger partial charge on any atom is 0.569 e. The van der Waals surface area contributed by atoms with E-state index in [1.54, 1.807) is 62.4 Å². The first-order valence-electron chi connectivity index (χ1n) is 40.4. The van der Waals surface area contributed by atoms with E-state index in [0.717, 1.165) is 153 Å². The molecule has 659 valence electrons. The summed E-state index contributed by atoms with van der Waals surface area (Å²) >= 11 is 14.9. The number of alkyl halides is 6. The third kappa shape index (κ3) is 28.4. The molecule has 0 bridgehead atoms. The van der Waals surface area contributed by atoms with Gasteiger partial charge in [0.1, 0.15) is 34.9 Å². The quantitative estimate of drug-likeness (QED) is 0.0106. The number of nitrogen functional groups attached to an aromatic ring is 1. The lowest BCUT2D eigenvalue weighted by atomic mass is 9.96. The van der Waals surface area contributed by atoms with Gasteiger partial charge in [-0.15, -0.1) is 0 Å². The molecule has 10 aromatic carbocycles. The van der Waals surface area contributed by atoms with Gasteiger partial charge in [-0.05, 0) is 242 Å². The van der Waals surface area contributed by atoms with Crippen LogP contribution in [0.25, 0.3) is 27.1 Å². The second kappa shape index (κ2) is 44.9. The molecule has 4 saturated carbocycles. The zero-order valence-electron chi connectivity index (χ0n) is 68.8. The number of halogens is 11. The highest BCUT2D eigenvalue weighted by atomic mass is 79.9. The number of esters is 2. The average Bonchev–Trinajstić information content (AvgIpc) is 1.64. The van der Waals surface area contributed by atoms with Gasteiger partial charge in [-0.2, -0.15) is 26.3 Å². The van der Waals surface area contributed by atoms with Crippen molar-refractivity contribution in [2.24, 2.45) is 49.4 Å². The topological polar surface area (TPSA) is 309 Å². The van der Waals surface area contributed by atoms with Crippen molar-refractivity contribution in [1.29, 1.82) is 0 Å². The number of fused-ring (bicyclic) bond motifs is 4. The number of ketones is 1.